The Morgan fingerprint density at radius 2 is 2.18 bits per heavy atom. The van der Waals surface area contributed by atoms with Crippen molar-refractivity contribution in [1.29, 1.82) is 0 Å². The molecule has 0 aliphatic heterocycles. The van der Waals surface area contributed by atoms with Gasteiger partial charge in [0, 0.05) is 17.1 Å². The fraction of sp³-hybridized carbons (Fsp3) is 0.200. The number of nitrogens with two attached hydrogens (primary N) is 1. The van der Waals surface area contributed by atoms with Gasteiger partial charge in [0.1, 0.15) is 0 Å². The topological polar surface area (TPSA) is 56.7 Å². The van der Waals surface area contributed by atoms with Crippen LogP contribution in [0.25, 0.3) is 5.69 Å². The van der Waals surface area contributed by atoms with E-state index in [1.165, 1.54) is 16.8 Å². The molecule has 1 aromatic heterocycles. The molecule has 2 aromatic rings. The minimum Gasteiger partial charge on any atom is -0.325 e. The molecule has 0 aliphatic carbocycles. The average Bonchev–Trinajstić information content (AvgIpc) is 2.78. The third kappa shape index (κ3) is 2.42. The Bertz CT molecular complexity index is 527. The molecule has 4 nitrogen and oxygen atoms in total. The molecule has 0 unspecified atom stereocenters. The van der Waals surface area contributed by atoms with Crippen LogP contribution in [0.2, 0.25) is 5.02 Å². The van der Waals surface area contributed by atoms with Gasteiger partial charge in [0.15, 0.2) is 0 Å². The summed E-state index contributed by atoms with van der Waals surface area (Å²) in [6.07, 6.45) is -1.04. The van der Waals surface area contributed by atoms with Crippen LogP contribution in [0.3, 0.4) is 0 Å². The normalized spacial score (nSPS) is 11.1. The summed E-state index contributed by atoms with van der Waals surface area (Å²) >= 11 is 5.67. The molecule has 17 heavy (non-hydrogen) atoms. The van der Waals surface area contributed by atoms with Crippen molar-refractivity contribution in [3.05, 3.63) is 40.7 Å². The van der Waals surface area contributed by atoms with E-state index in [0.717, 1.165) is 0 Å². The number of hydrogen-bond acceptors (Lipinski definition) is 3. The summed E-state index contributed by atoms with van der Waals surface area (Å²) < 4.78 is 26.7. The van der Waals surface area contributed by atoms with Gasteiger partial charge in [-0.05, 0) is 18.2 Å². The zero-order valence-electron chi connectivity index (χ0n) is 8.65. The lowest BCUT2D eigenvalue weighted by Crippen LogP contribution is -1.97. The first-order valence-corrected chi connectivity index (χ1v) is 5.19. The molecule has 0 radical (unpaired) electrons. The number of aromatic nitrogens is 3. The van der Waals surface area contributed by atoms with Crippen molar-refractivity contribution in [1.82, 2.24) is 15.0 Å². The molecule has 7 heteroatoms. The molecule has 0 atom stereocenters. The first-order valence-electron chi connectivity index (χ1n) is 4.81. The van der Waals surface area contributed by atoms with Gasteiger partial charge >= 0.3 is 0 Å². The summed E-state index contributed by atoms with van der Waals surface area (Å²) in [5.74, 6) is 0. The third-order valence-corrected chi connectivity index (χ3v) is 2.57. The maximum Gasteiger partial charge on any atom is 0.265 e. The van der Waals surface area contributed by atoms with E-state index in [0.29, 0.717) is 11.4 Å². The average molecular weight is 259 g/mol. The summed E-state index contributed by atoms with van der Waals surface area (Å²) in [5, 5.41) is 7.59. The minimum atomic E-state index is -2.63. The molecule has 1 aromatic carbocycles. The lowest BCUT2D eigenvalue weighted by Gasteiger charge is -2.06. The van der Waals surface area contributed by atoms with Crippen LogP contribution in [-0.2, 0) is 6.54 Å². The highest BCUT2D eigenvalue weighted by molar-refractivity contribution is 6.31. The number of hydrogen-bond donors (Lipinski definition) is 1. The summed E-state index contributed by atoms with van der Waals surface area (Å²) in [5.41, 5.74) is 6.21. The highest BCUT2D eigenvalue weighted by Gasteiger charge is 2.13. The van der Waals surface area contributed by atoms with E-state index in [-0.39, 0.29) is 17.1 Å². The monoisotopic (exact) mass is 258 g/mol. The molecular weight excluding hydrogens is 250 g/mol. The Labute approximate surface area is 101 Å². The van der Waals surface area contributed by atoms with Crippen molar-refractivity contribution in [3.63, 3.8) is 0 Å². The predicted octanol–water partition coefficient (Wildman–Crippen LogP) is 2.32. The second kappa shape index (κ2) is 4.77. The van der Waals surface area contributed by atoms with E-state index >= 15 is 0 Å². The van der Waals surface area contributed by atoms with E-state index < -0.39 is 6.43 Å². The summed E-state index contributed by atoms with van der Waals surface area (Å²) in [4.78, 5) is 0. The Kier molecular flexibility index (Phi) is 3.35. The first-order chi connectivity index (χ1) is 8.11. The first kappa shape index (κ1) is 11.9. The van der Waals surface area contributed by atoms with Crippen LogP contribution in [0.5, 0.6) is 0 Å². The zero-order chi connectivity index (χ0) is 12.4. The smallest absolute Gasteiger partial charge is 0.265 e. The molecule has 2 N–H and O–H groups in total. The van der Waals surface area contributed by atoms with Crippen LogP contribution in [0.4, 0.5) is 8.78 Å². The second-order valence-electron chi connectivity index (χ2n) is 3.37. The van der Waals surface area contributed by atoms with Crippen LogP contribution in [-0.4, -0.2) is 15.0 Å². The highest BCUT2D eigenvalue weighted by atomic mass is 35.5. The fourth-order valence-corrected chi connectivity index (χ4v) is 1.56. The third-order valence-electron chi connectivity index (χ3n) is 2.23. The quantitative estimate of drug-likeness (QED) is 0.919. The molecule has 90 valence electrons. The molecule has 1 heterocycles. The van der Waals surface area contributed by atoms with Crippen LogP contribution >= 0.6 is 11.6 Å². The standard InChI is InChI=1S/C10H9ClF2N4/c11-9-2-1-7(3-8(9)10(12)13)17-5-6(4-14)15-16-17/h1-3,5,10H,4,14H2. The molecular formula is C10H9ClF2N4. The van der Waals surface area contributed by atoms with Crippen molar-refractivity contribution < 1.29 is 8.78 Å². The van der Waals surface area contributed by atoms with E-state index in [2.05, 4.69) is 10.3 Å². The number of benzene rings is 1. The summed E-state index contributed by atoms with van der Waals surface area (Å²) in [6, 6.07) is 4.27. The van der Waals surface area contributed by atoms with Crippen LogP contribution in [0.15, 0.2) is 24.4 Å². The van der Waals surface area contributed by atoms with Crippen LogP contribution < -0.4 is 5.73 Å². The predicted molar refractivity (Wildman–Crippen MR) is 59.2 cm³/mol. The largest absolute Gasteiger partial charge is 0.325 e. The Morgan fingerprint density at radius 3 is 2.76 bits per heavy atom. The maximum absolute atomic E-state index is 12.6. The van der Waals surface area contributed by atoms with Crippen molar-refractivity contribution in [2.24, 2.45) is 5.73 Å². The lowest BCUT2D eigenvalue weighted by molar-refractivity contribution is 0.151. The minimum absolute atomic E-state index is 0.0305. The van der Waals surface area contributed by atoms with Gasteiger partial charge in [0.2, 0.25) is 0 Å². The van der Waals surface area contributed by atoms with Gasteiger partial charge < -0.3 is 5.73 Å². The second-order valence-corrected chi connectivity index (χ2v) is 3.77. The fourth-order valence-electron chi connectivity index (χ4n) is 1.36. The molecule has 0 saturated heterocycles. The lowest BCUT2D eigenvalue weighted by atomic mass is 10.2. The molecule has 0 amide bonds. The maximum atomic E-state index is 12.6. The summed E-state index contributed by atoms with van der Waals surface area (Å²) in [6.45, 7) is 0.245. The zero-order valence-corrected chi connectivity index (χ0v) is 9.40. The number of nitrogens with zero attached hydrogens (tertiary/aromatic N) is 3. The molecule has 0 spiro atoms. The van der Waals surface area contributed by atoms with Crippen molar-refractivity contribution in [2.75, 3.05) is 0 Å². The molecule has 0 bridgehead atoms. The Balaban J connectivity index is 2.42. The molecule has 0 fully saturated rings. The van der Waals surface area contributed by atoms with Crippen molar-refractivity contribution >= 4 is 11.6 Å². The van der Waals surface area contributed by atoms with E-state index in [4.69, 9.17) is 17.3 Å². The molecule has 2 rings (SSSR count). The van der Waals surface area contributed by atoms with Crippen LogP contribution in [0.1, 0.15) is 17.7 Å². The van der Waals surface area contributed by atoms with Gasteiger partial charge in [-0.2, -0.15) is 0 Å². The Morgan fingerprint density at radius 1 is 1.41 bits per heavy atom. The van der Waals surface area contributed by atoms with Crippen molar-refractivity contribution in [3.8, 4) is 5.69 Å². The van der Waals surface area contributed by atoms with Crippen molar-refractivity contribution in [2.45, 2.75) is 13.0 Å². The van der Waals surface area contributed by atoms with Gasteiger partial charge in [0.25, 0.3) is 6.43 Å². The summed E-state index contributed by atoms with van der Waals surface area (Å²) in [7, 11) is 0. The van der Waals surface area contributed by atoms with Gasteiger partial charge in [-0.3, -0.25) is 0 Å². The van der Waals surface area contributed by atoms with Gasteiger partial charge in [-0.1, -0.05) is 16.8 Å². The van der Waals surface area contributed by atoms with E-state index in [9.17, 15) is 8.78 Å². The van der Waals surface area contributed by atoms with E-state index in [1.807, 2.05) is 0 Å². The molecule has 0 saturated carbocycles. The SMILES string of the molecule is NCc1cn(-c2ccc(Cl)c(C(F)F)c2)nn1. The number of alkyl halides is 2. The van der Waals surface area contributed by atoms with Gasteiger partial charge in [0.05, 0.1) is 17.6 Å². The highest BCUT2D eigenvalue weighted by Crippen LogP contribution is 2.28. The van der Waals surface area contributed by atoms with Gasteiger partial charge in [-0.25, -0.2) is 13.5 Å². The van der Waals surface area contributed by atoms with E-state index in [1.54, 1.807) is 12.3 Å². The molecule has 0 aliphatic rings. The Hall–Kier alpha value is -1.53. The van der Waals surface area contributed by atoms with Crippen LogP contribution in [0, 0.1) is 0 Å². The number of halogens is 3. The number of rotatable bonds is 3. The van der Waals surface area contributed by atoms with Gasteiger partial charge in [-0.15, -0.1) is 5.10 Å².